The maximum absolute atomic E-state index is 13.5. The molecular formula is C22H24FN3O7S. The molecule has 34 heavy (non-hydrogen) atoms. The van der Waals surface area contributed by atoms with Gasteiger partial charge in [0.2, 0.25) is 5.82 Å². The number of H-pyrrole nitrogens is 1. The van der Waals surface area contributed by atoms with E-state index in [9.17, 15) is 14.0 Å². The van der Waals surface area contributed by atoms with E-state index >= 15 is 0 Å². The van der Waals surface area contributed by atoms with Crippen LogP contribution in [0.25, 0.3) is 10.2 Å². The van der Waals surface area contributed by atoms with Crippen LogP contribution < -0.4 is 15.6 Å². The number of methoxy groups -OCH3 is 1. The number of carbonyl (C=O) groups excluding carboxylic acids is 1. The lowest BCUT2D eigenvalue weighted by atomic mass is 10.2. The molecule has 1 amide bonds. The van der Waals surface area contributed by atoms with E-state index in [-0.39, 0.29) is 50.1 Å². The number of rotatable bonds is 9. The van der Waals surface area contributed by atoms with Gasteiger partial charge < -0.3 is 34.4 Å². The number of halogens is 1. The molecule has 12 heteroatoms. The number of aliphatic hydroxyl groups excluding tert-OH is 1. The molecule has 0 radical (unpaired) electrons. The number of fused-ring (bicyclic) bond motifs is 1. The first kappa shape index (κ1) is 24.2. The van der Waals surface area contributed by atoms with Gasteiger partial charge in [-0.2, -0.15) is 0 Å². The van der Waals surface area contributed by atoms with Crippen molar-refractivity contribution in [2.75, 3.05) is 33.5 Å². The Kier molecular flexibility index (Phi) is 7.85. The highest BCUT2D eigenvalue weighted by molar-refractivity contribution is 7.16. The summed E-state index contributed by atoms with van der Waals surface area (Å²) in [5.74, 6) is -1.11. The molecule has 0 aliphatic carbocycles. The number of ether oxygens (including phenoxy) is 4. The van der Waals surface area contributed by atoms with Gasteiger partial charge in [-0.15, -0.1) is 11.3 Å². The summed E-state index contributed by atoms with van der Waals surface area (Å²) in [6, 6.07) is 4.26. The summed E-state index contributed by atoms with van der Waals surface area (Å²) in [6.07, 6.45) is -0.563. The van der Waals surface area contributed by atoms with Gasteiger partial charge in [0.05, 0.1) is 45.5 Å². The topological polar surface area (TPSA) is 132 Å². The zero-order valence-corrected chi connectivity index (χ0v) is 19.2. The fraction of sp³-hybridized carbons (Fsp3) is 0.409. The Morgan fingerprint density at radius 1 is 1.35 bits per heavy atom. The van der Waals surface area contributed by atoms with E-state index in [1.807, 2.05) is 0 Å². The molecule has 1 aromatic carbocycles. The molecule has 0 unspecified atom stereocenters. The SMILES string of the molecule is COc1cc(CNC(=O)c2nc3scc(COC[C@@H]4CO[C@@H](CO)CO4)c3c(=O)[nH]2)ccc1F. The molecule has 4 rings (SSSR count). The highest BCUT2D eigenvalue weighted by atomic mass is 32.1. The van der Waals surface area contributed by atoms with Crippen LogP contribution in [0.5, 0.6) is 5.75 Å². The number of carbonyl (C=O) groups is 1. The van der Waals surface area contributed by atoms with E-state index in [4.69, 9.17) is 24.1 Å². The average molecular weight is 494 g/mol. The summed E-state index contributed by atoms with van der Waals surface area (Å²) in [6.45, 7) is 1.08. The number of hydrogen-bond acceptors (Lipinski definition) is 9. The van der Waals surface area contributed by atoms with Crippen LogP contribution in [0.1, 0.15) is 21.7 Å². The Labute approximate surface area is 197 Å². The van der Waals surface area contributed by atoms with E-state index in [2.05, 4.69) is 15.3 Å². The molecule has 0 bridgehead atoms. The lowest BCUT2D eigenvalue weighted by Gasteiger charge is -2.28. The monoisotopic (exact) mass is 493 g/mol. The van der Waals surface area contributed by atoms with Crippen molar-refractivity contribution in [3.63, 3.8) is 0 Å². The molecule has 1 fully saturated rings. The Morgan fingerprint density at radius 2 is 2.15 bits per heavy atom. The molecule has 10 nitrogen and oxygen atoms in total. The summed E-state index contributed by atoms with van der Waals surface area (Å²) in [5, 5.41) is 13.8. The fourth-order valence-corrected chi connectivity index (χ4v) is 4.31. The highest BCUT2D eigenvalue weighted by Crippen LogP contribution is 2.22. The Balaban J connectivity index is 1.36. The maximum atomic E-state index is 13.5. The largest absolute Gasteiger partial charge is 0.494 e. The molecule has 2 aromatic heterocycles. The van der Waals surface area contributed by atoms with E-state index in [0.717, 1.165) is 0 Å². The average Bonchev–Trinajstić information content (AvgIpc) is 3.27. The third kappa shape index (κ3) is 5.59. The lowest BCUT2D eigenvalue weighted by Crippen LogP contribution is -2.39. The number of aromatic amines is 1. The zero-order valence-electron chi connectivity index (χ0n) is 18.3. The molecule has 2 atom stereocenters. The zero-order chi connectivity index (χ0) is 24.1. The first-order valence-corrected chi connectivity index (χ1v) is 11.4. The molecule has 1 aliphatic rings. The van der Waals surface area contributed by atoms with Crippen LogP contribution in [-0.2, 0) is 27.4 Å². The van der Waals surface area contributed by atoms with E-state index in [0.29, 0.717) is 34.6 Å². The number of benzene rings is 1. The minimum Gasteiger partial charge on any atom is -0.494 e. The van der Waals surface area contributed by atoms with Gasteiger partial charge in [-0.1, -0.05) is 6.07 Å². The maximum Gasteiger partial charge on any atom is 0.287 e. The van der Waals surface area contributed by atoms with Crippen molar-refractivity contribution in [1.29, 1.82) is 0 Å². The summed E-state index contributed by atoms with van der Waals surface area (Å²) in [4.78, 5) is 32.4. The van der Waals surface area contributed by atoms with E-state index in [1.54, 1.807) is 5.38 Å². The molecule has 1 saturated heterocycles. The predicted octanol–water partition coefficient (Wildman–Crippen LogP) is 1.36. The quantitative estimate of drug-likeness (QED) is 0.407. The first-order valence-electron chi connectivity index (χ1n) is 10.5. The number of nitrogens with one attached hydrogen (secondary N) is 2. The summed E-state index contributed by atoms with van der Waals surface area (Å²) >= 11 is 1.24. The van der Waals surface area contributed by atoms with Crippen molar-refractivity contribution < 1.29 is 33.2 Å². The molecule has 3 N–H and O–H groups in total. The highest BCUT2D eigenvalue weighted by Gasteiger charge is 2.22. The molecule has 3 heterocycles. The standard InChI is InChI=1S/C22H24FN3O7S/c1-30-17-4-12(2-3-16(17)23)5-24-21(29)19-25-20(28)18-13(11-34-22(18)26-19)7-31-8-15-10-32-14(6-27)9-33-15/h2-4,11,14-15,27H,5-10H2,1H3,(H,24,29)(H,25,26,28)/t14-,15+/m0/s1. The van der Waals surface area contributed by atoms with Gasteiger partial charge in [0.1, 0.15) is 17.0 Å². The van der Waals surface area contributed by atoms with Crippen molar-refractivity contribution in [2.45, 2.75) is 25.4 Å². The summed E-state index contributed by atoms with van der Waals surface area (Å²) in [5.41, 5.74) is 0.843. The van der Waals surface area contributed by atoms with Crippen LogP contribution >= 0.6 is 11.3 Å². The number of amides is 1. The van der Waals surface area contributed by atoms with Crippen LogP contribution in [0.15, 0.2) is 28.4 Å². The van der Waals surface area contributed by atoms with Gasteiger partial charge in [0.15, 0.2) is 11.6 Å². The fourth-order valence-electron chi connectivity index (χ4n) is 3.39. The van der Waals surface area contributed by atoms with Crippen molar-refractivity contribution in [1.82, 2.24) is 15.3 Å². The number of aromatic nitrogens is 2. The molecular weight excluding hydrogens is 469 g/mol. The minimum absolute atomic E-state index is 0.0740. The Hall–Kier alpha value is -2.90. The van der Waals surface area contributed by atoms with Crippen LogP contribution in [0.2, 0.25) is 0 Å². The van der Waals surface area contributed by atoms with Gasteiger partial charge in [0, 0.05) is 12.1 Å². The van der Waals surface area contributed by atoms with Gasteiger partial charge in [0.25, 0.3) is 11.5 Å². The lowest BCUT2D eigenvalue weighted by molar-refractivity contribution is -0.162. The normalized spacial score (nSPS) is 18.2. The predicted molar refractivity (Wildman–Crippen MR) is 121 cm³/mol. The summed E-state index contributed by atoms with van der Waals surface area (Å²) < 4.78 is 35.2. The van der Waals surface area contributed by atoms with Crippen LogP contribution in [-0.4, -0.2) is 66.7 Å². The number of hydrogen-bond donors (Lipinski definition) is 3. The van der Waals surface area contributed by atoms with Gasteiger partial charge in [-0.05, 0) is 23.1 Å². The van der Waals surface area contributed by atoms with E-state index in [1.165, 1.54) is 36.6 Å². The van der Waals surface area contributed by atoms with Gasteiger partial charge >= 0.3 is 0 Å². The van der Waals surface area contributed by atoms with E-state index < -0.39 is 17.3 Å². The molecule has 0 spiro atoms. The molecule has 0 saturated carbocycles. The van der Waals surface area contributed by atoms with Crippen LogP contribution in [0.4, 0.5) is 4.39 Å². The Bertz CT molecular complexity index is 1210. The third-order valence-corrected chi connectivity index (χ3v) is 6.13. The second kappa shape index (κ2) is 11.0. The molecule has 3 aromatic rings. The van der Waals surface area contributed by atoms with Gasteiger partial charge in [-0.3, -0.25) is 9.59 Å². The Morgan fingerprint density at radius 3 is 2.88 bits per heavy atom. The first-order chi connectivity index (χ1) is 16.5. The van der Waals surface area contributed by atoms with Crippen LogP contribution in [0.3, 0.4) is 0 Å². The summed E-state index contributed by atoms with van der Waals surface area (Å²) in [7, 11) is 1.36. The number of aliphatic hydroxyl groups is 1. The second-order valence-electron chi connectivity index (χ2n) is 7.62. The number of thiophene rings is 1. The van der Waals surface area contributed by atoms with Gasteiger partial charge in [-0.25, -0.2) is 9.37 Å². The minimum atomic E-state index is -0.566. The molecule has 182 valence electrons. The smallest absolute Gasteiger partial charge is 0.287 e. The van der Waals surface area contributed by atoms with Crippen molar-refractivity contribution in [3.05, 3.63) is 56.7 Å². The third-order valence-electron chi connectivity index (χ3n) is 5.20. The number of nitrogens with zero attached hydrogens (tertiary/aromatic N) is 1. The molecule has 1 aliphatic heterocycles. The van der Waals surface area contributed by atoms with Crippen molar-refractivity contribution in [2.24, 2.45) is 0 Å². The van der Waals surface area contributed by atoms with Crippen molar-refractivity contribution in [3.8, 4) is 5.75 Å². The second-order valence-corrected chi connectivity index (χ2v) is 8.47. The van der Waals surface area contributed by atoms with Crippen molar-refractivity contribution >= 4 is 27.5 Å². The van der Waals surface area contributed by atoms with Crippen LogP contribution in [0, 0.1) is 5.82 Å².